The largest absolute Gasteiger partial charge is 0.493 e. The smallest absolute Gasteiger partial charge is 0.329 e. The van der Waals surface area contributed by atoms with Gasteiger partial charge in [-0.1, -0.05) is 65.0 Å². The second kappa shape index (κ2) is 9.77. The van der Waals surface area contributed by atoms with Crippen molar-refractivity contribution in [2.45, 2.75) is 51.7 Å². The summed E-state index contributed by atoms with van der Waals surface area (Å²) in [5.74, 6) is 0.869. The molecule has 0 radical (unpaired) electrons. The number of methoxy groups -OCH3 is 1. The van der Waals surface area contributed by atoms with Gasteiger partial charge < -0.3 is 14.8 Å². The van der Waals surface area contributed by atoms with Crippen LogP contribution in [0.25, 0.3) is 6.08 Å². The number of hydrogen-bond donors (Lipinski definition) is 1. The maximum absolute atomic E-state index is 12.9. The number of hydrogen-bond acceptors (Lipinski definition) is 4. The normalized spacial score (nSPS) is 18.2. The second-order valence-electron chi connectivity index (χ2n) is 8.25. The van der Waals surface area contributed by atoms with Crippen LogP contribution < -0.4 is 14.8 Å². The highest BCUT2D eigenvalue weighted by Crippen LogP contribution is 2.36. The van der Waals surface area contributed by atoms with Crippen molar-refractivity contribution in [2.75, 3.05) is 7.11 Å². The lowest BCUT2D eigenvalue weighted by Gasteiger charge is -2.28. The lowest BCUT2D eigenvalue weighted by molar-refractivity contribution is -0.124. The molecule has 1 aliphatic heterocycles. The Bertz CT molecular complexity index is 1040. The summed E-state index contributed by atoms with van der Waals surface area (Å²) < 4.78 is 12.2. The van der Waals surface area contributed by atoms with Crippen molar-refractivity contribution >= 4 is 33.9 Å². The van der Waals surface area contributed by atoms with E-state index in [0.717, 1.165) is 47.7 Å². The topological polar surface area (TPSA) is 67.9 Å². The zero-order chi connectivity index (χ0) is 22.7. The second-order valence-corrected chi connectivity index (χ2v) is 9.11. The molecule has 1 saturated carbocycles. The fourth-order valence-electron chi connectivity index (χ4n) is 4.15. The van der Waals surface area contributed by atoms with Crippen molar-refractivity contribution in [2.24, 2.45) is 0 Å². The summed E-state index contributed by atoms with van der Waals surface area (Å²) in [4.78, 5) is 26.8. The van der Waals surface area contributed by atoms with Crippen LogP contribution in [0.4, 0.5) is 4.79 Å². The van der Waals surface area contributed by atoms with Crippen LogP contribution in [0.1, 0.15) is 48.8 Å². The number of nitrogens with zero attached hydrogens (tertiary/aromatic N) is 1. The Morgan fingerprint density at radius 3 is 2.50 bits per heavy atom. The van der Waals surface area contributed by atoms with Gasteiger partial charge in [0, 0.05) is 10.5 Å². The number of ether oxygens (including phenoxy) is 2. The third-order valence-electron chi connectivity index (χ3n) is 5.95. The van der Waals surface area contributed by atoms with E-state index >= 15 is 0 Å². The van der Waals surface area contributed by atoms with Crippen LogP contribution in [0.5, 0.6) is 11.5 Å². The minimum atomic E-state index is -0.339. The summed E-state index contributed by atoms with van der Waals surface area (Å²) in [6.07, 6.45) is 6.68. The third-order valence-corrected chi connectivity index (χ3v) is 6.63. The number of benzene rings is 2. The number of carbonyl (C=O) groups is 2. The van der Waals surface area contributed by atoms with Gasteiger partial charge in [-0.2, -0.15) is 0 Å². The van der Waals surface area contributed by atoms with Crippen LogP contribution in [0.3, 0.4) is 0 Å². The first kappa shape index (κ1) is 22.4. The average Bonchev–Trinajstić information content (AvgIpc) is 3.08. The summed E-state index contributed by atoms with van der Waals surface area (Å²) >= 11 is 3.56. The lowest BCUT2D eigenvalue weighted by atomic mass is 9.94. The highest BCUT2D eigenvalue weighted by atomic mass is 79.9. The number of halogens is 1. The van der Waals surface area contributed by atoms with Gasteiger partial charge >= 0.3 is 6.03 Å². The molecule has 1 heterocycles. The van der Waals surface area contributed by atoms with Gasteiger partial charge in [0.1, 0.15) is 12.3 Å². The number of nitrogens with one attached hydrogen (secondary N) is 1. The summed E-state index contributed by atoms with van der Waals surface area (Å²) in [5, 5.41) is 2.74. The fraction of sp³-hybridized carbons (Fsp3) is 0.360. The van der Waals surface area contributed by atoms with Crippen LogP contribution in [0.15, 0.2) is 46.6 Å². The van der Waals surface area contributed by atoms with Crippen molar-refractivity contribution in [3.8, 4) is 11.5 Å². The van der Waals surface area contributed by atoms with Gasteiger partial charge in [-0.15, -0.1) is 0 Å². The molecule has 4 rings (SSSR count). The van der Waals surface area contributed by atoms with Gasteiger partial charge in [0.25, 0.3) is 5.91 Å². The number of carbonyl (C=O) groups excluding carboxylic acids is 2. The van der Waals surface area contributed by atoms with E-state index in [0.29, 0.717) is 18.1 Å². The molecule has 6 nitrogen and oxygen atoms in total. The zero-order valence-corrected chi connectivity index (χ0v) is 19.9. The summed E-state index contributed by atoms with van der Waals surface area (Å²) in [6, 6.07) is 11.4. The van der Waals surface area contributed by atoms with E-state index in [1.807, 2.05) is 37.3 Å². The van der Waals surface area contributed by atoms with Crippen molar-refractivity contribution in [3.05, 3.63) is 63.3 Å². The highest BCUT2D eigenvalue weighted by Gasteiger charge is 2.39. The van der Waals surface area contributed by atoms with E-state index in [1.54, 1.807) is 19.3 Å². The van der Waals surface area contributed by atoms with Gasteiger partial charge in [-0.3, -0.25) is 9.69 Å². The maximum atomic E-state index is 12.9. The summed E-state index contributed by atoms with van der Waals surface area (Å²) in [6.45, 7) is 2.46. The molecule has 2 aliphatic rings. The number of rotatable bonds is 6. The number of aryl methyl sites for hydroxylation is 1. The van der Waals surface area contributed by atoms with E-state index in [4.69, 9.17) is 9.47 Å². The number of urea groups is 1. The van der Waals surface area contributed by atoms with E-state index in [9.17, 15) is 9.59 Å². The van der Waals surface area contributed by atoms with Gasteiger partial charge in [-0.25, -0.2) is 4.79 Å². The number of amides is 3. The van der Waals surface area contributed by atoms with Crippen LogP contribution in [-0.4, -0.2) is 30.0 Å². The molecular formula is C25H27BrN2O4. The first-order chi connectivity index (χ1) is 15.5. The molecule has 0 spiro atoms. The molecule has 1 saturated heterocycles. The zero-order valence-electron chi connectivity index (χ0n) is 18.3. The highest BCUT2D eigenvalue weighted by molar-refractivity contribution is 9.10. The summed E-state index contributed by atoms with van der Waals surface area (Å²) in [7, 11) is 1.58. The molecule has 32 heavy (non-hydrogen) atoms. The first-order valence-corrected chi connectivity index (χ1v) is 11.7. The monoisotopic (exact) mass is 498 g/mol. The molecule has 2 aromatic rings. The van der Waals surface area contributed by atoms with Crippen LogP contribution >= 0.6 is 15.9 Å². The first-order valence-electron chi connectivity index (χ1n) is 10.9. The molecule has 168 valence electrons. The third kappa shape index (κ3) is 4.83. The molecule has 1 N–H and O–H groups in total. The molecule has 0 bridgehead atoms. The van der Waals surface area contributed by atoms with E-state index in [2.05, 4.69) is 21.2 Å². The van der Waals surface area contributed by atoms with E-state index in [1.165, 1.54) is 10.5 Å². The minimum absolute atomic E-state index is 0.0160. The lowest BCUT2D eigenvalue weighted by Crippen LogP contribution is -2.41. The summed E-state index contributed by atoms with van der Waals surface area (Å²) in [5.41, 5.74) is 3.25. The Morgan fingerprint density at radius 2 is 1.81 bits per heavy atom. The predicted molar refractivity (Wildman–Crippen MR) is 126 cm³/mol. The quantitative estimate of drug-likeness (QED) is 0.417. The van der Waals surface area contributed by atoms with Gasteiger partial charge in [0.15, 0.2) is 11.5 Å². The minimum Gasteiger partial charge on any atom is -0.493 e. The SMILES string of the molecule is COc1cc(/C=C2\NC(=O)N(C3CCCCC3)C2=O)c(Br)cc1OCc1ccc(C)cc1. The van der Waals surface area contributed by atoms with E-state index in [-0.39, 0.29) is 23.7 Å². The Morgan fingerprint density at radius 1 is 1.09 bits per heavy atom. The molecular weight excluding hydrogens is 472 g/mol. The fourth-order valence-corrected chi connectivity index (χ4v) is 4.59. The molecule has 1 aliphatic carbocycles. The molecule has 2 fully saturated rings. The average molecular weight is 499 g/mol. The molecule has 0 aromatic heterocycles. The standard InChI is InChI=1S/C25H27BrN2O4/c1-16-8-10-17(11-9-16)15-32-23-14-20(26)18(13-22(23)31-2)12-21-24(29)28(25(30)27-21)19-6-4-3-5-7-19/h8-14,19H,3-7,15H2,1-2H3,(H,27,30)/b21-12-. The van der Waals surface area contributed by atoms with Crippen molar-refractivity contribution in [1.82, 2.24) is 10.2 Å². The molecule has 0 unspecified atom stereocenters. The van der Waals surface area contributed by atoms with Crippen molar-refractivity contribution < 1.29 is 19.1 Å². The van der Waals surface area contributed by atoms with Gasteiger partial charge in [-0.05, 0) is 49.1 Å². The maximum Gasteiger partial charge on any atom is 0.329 e. The number of imide groups is 1. The Hall–Kier alpha value is -2.80. The Balaban J connectivity index is 1.53. The molecule has 7 heteroatoms. The Kier molecular flexibility index (Phi) is 6.84. The molecule has 2 aromatic carbocycles. The van der Waals surface area contributed by atoms with Crippen LogP contribution in [-0.2, 0) is 11.4 Å². The van der Waals surface area contributed by atoms with Gasteiger partial charge in [0.05, 0.1) is 7.11 Å². The van der Waals surface area contributed by atoms with E-state index < -0.39 is 0 Å². The molecule has 3 amide bonds. The molecule has 0 atom stereocenters. The van der Waals surface area contributed by atoms with Crippen molar-refractivity contribution in [3.63, 3.8) is 0 Å². The van der Waals surface area contributed by atoms with Gasteiger partial charge in [0.2, 0.25) is 0 Å². The van der Waals surface area contributed by atoms with Crippen LogP contribution in [0, 0.1) is 6.92 Å². The predicted octanol–water partition coefficient (Wildman–Crippen LogP) is 5.57. The van der Waals surface area contributed by atoms with Crippen molar-refractivity contribution in [1.29, 1.82) is 0 Å². The Labute approximate surface area is 196 Å². The van der Waals surface area contributed by atoms with Crippen LogP contribution in [0.2, 0.25) is 0 Å².